The third kappa shape index (κ3) is 8.00. The topological polar surface area (TPSA) is 163 Å². The number of piperazine rings is 1. The summed E-state index contributed by atoms with van der Waals surface area (Å²) in [6, 6.07) is 12.6. The van der Waals surface area contributed by atoms with Crippen molar-refractivity contribution in [1.82, 2.24) is 19.6 Å². The standard InChI is InChI=1S/C46H57N7O6S/c1-30-5-7-33(8-6-30)49-39-12-10-36(23-40(39)53(55)56)60(57,58)50-43(54)37-11-9-34(22-41(37)59-35-21-31-14-16-47-42(31)48-25-35)52-19-17-51(18-20-52)26-32-13-15-44(2,3)24-38(32)46-27-45(4,28-46)29-46/h9-12,14,16,21-23,25,30,33,49H,5-8,13,15,17-20,24,26-29H2,1-4H3,(H,47,48)(H,50,54)/t30-,33-,45?,46?. The van der Waals surface area contributed by atoms with Gasteiger partial charge in [-0.1, -0.05) is 38.8 Å². The van der Waals surface area contributed by atoms with Crippen LogP contribution >= 0.6 is 0 Å². The summed E-state index contributed by atoms with van der Waals surface area (Å²) in [5, 5.41) is 16.2. The molecule has 5 aliphatic carbocycles. The number of ether oxygens (including phenoxy) is 1. The fourth-order valence-corrected chi connectivity index (χ4v) is 12.0. The second kappa shape index (κ2) is 15.2. The monoisotopic (exact) mass is 835 g/mol. The Hall–Kier alpha value is -4.95. The summed E-state index contributed by atoms with van der Waals surface area (Å²) in [4.78, 5) is 37.4. The number of allylic oxidation sites excluding steroid dienone is 1. The van der Waals surface area contributed by atoms with Crippen LogP contribution < -0.4 is 19.7 Å². The number of anilines is 2. The van der Waals surface area contributed by atoms with Crippen LogP contribution in [0.5, 0.6) is 11.5 Å². The molecule has 2 aromatic heterocycles. The van der Waals surface area contributed by atoms with E-state index in [1.165, 1.54) is 50.7 Å². The first-order valence-electron chi connectivity index (χ1n) is 21.6. The van der Waals surface area contributed by atoms with Gasteiger partial charge >= 0.3 is 0 Å². The summed E-state index contributed by atoms with van der Waals surface area (Å²) in [5.74, 6) is 0.228. The molecule has 318 valence electrons. The van der Waals surface area contributed by atoms with E-state index in [1.807, 2.05) is 12.1 Å². The number of nitrogens with zero attached hydrogens (tertiary/aromatic N) is 4. The number of nitro groups is 1. The highest BCUT2D eigenvalue weighted by atomic mass is 32.2. The number of carbonyl (C=O) groups excluding carboxylic acids is 1. The Morgan fingerprint density at radius 1 is 1.00 bits per heavy atom. The summed E-state index contributed by atoms with van der Waals surface area (Å²) < 4.78 is 35.9. The molecule has 0 unspecified atom stereocenters. The first kappa shape index (κ1) is 40.5. The predicted octanol–water partition coefficient (Wildman–Crippen LogP) is 9.19. The number of carbonyl (C=O) groups is 1. The van der Waals surface area contributed by atoms with Gasteiger partial charge in [-0.05, 0) is 123 Å². The van der Waals surface area contributed by atoms with E-state index in [0.717, 1.165) is 75.5 Å². The van der Waals surface area contributed by atoms with Gasteiger partial charge in [-0.3, -0.25) is 19.8 Å². The van der Waals surface area contributed by atoms with E-state index in [-0.39, 0.29) is 33.6 Å². The van der Waals surface area contributed by atoms with E-state index in [2.05, 4.69) is 57.5 Å². The van der Waals surface area contributed by atoms with Gasteiger partial charge in [0.2, 0.25) is 0 Å². The van der Waals surface area contributed by atoms with Gasteiger partial charge in [-0.15, -0.1) is 0 Å². The van der Waals surface area contributed by atoms with Gasteiger partial charge < -0.3 is 19.9 Å². The molecule has 4 saturated carbocycles. The van der Waals surface area contributed by atoms with Gasteiger partial charge in [0, 0.05) is 68.2 Å². The number of fused-ring (bicyclic) bond motifs is 1. The van der Waals surface area contributed by atoms with Crippen LogP contribution in [0.3, 0.4) is 0 Å². The quantitative estimate of drug-likeness (QED) is 0.0713. The van der Waals surface area contributed by atoms with E-state index in [1.54, 1.807) is 41.7 Å². The lowest BCUT2D eigenvalue weighted by Crippen LogP contribution is -2.61. The fourth-order valence-electron chi connectivity index (χ4n) is 11.0. The SMILES string of the molecule is CC1(C)CCC(CN2CCN(c3ccc(C(=O)NS(=O)(=O)c4ccc(N[C@H]5CC[C@H](C)CC5)c([N+](=O)[O-])c4)c(Oc4cnc5[nH]ccc5c4)c3)CC2)=C(C23CC(C)(C2)C3)C1. The zero-order chi connectivity index (χ0) is 42.0. The molecule has 60 heavy (non-hydrogen) atoms. The maximum absolute atomic E-state index is 13.9. The molecule has 1 saturated heterocycles. The summed E-state index contributed by atoms with van der Waals surface area (Å²) in [7, 11) is -4.52. The highest BCUT2D eigenvalue weighted by Crippen LogP contribution is 2.77. The zero-order valence-electron chi connectivity index (χ0n) is 35.2. The van der Waals surface area contributed by atoms with E-state index < -0.39 is 20.9 Å². The number of aromatic amines is 1. The average Bonchev–Trinajstić information content (AvgIpc) is 3.66. The van der Waals surface area contributed by atoms with Crippen LogP contribution in [0, 0.1) is 32.3 Å². The van der Waals surface area contributed by atoms with Crippen LogP contribution in [0.15, 0.2) is 77.0 Å². The molecule has 10 rings (SSSR count). The molecule has 13 nitrogen and oxygen atoms in total. The molecule has 2 aromatic carbocycles. The molecular weight excluding hydrogens is 779 g/mol. The van der Waals surface area contributed by atoms with Gasteiger partial charge in [0.05, 0.1) is 21.6 Å². The number of aromatic nitrogens is 2. The highest BCUT2D eigenvalue weighted by molar-refractivity contribution is 7.90. The van der Waals surface area contributed by atoms with Gasteiger partial charge in [-0.25, -0.2) is 18.1 Å². The molecule has 4 aromatic rings. The van der Waals surface area contributed by atoms with Gasteiger partial charge in [-0.2, -0.15) is 0 Å². The maximum atomic E-state index is 13.9. The molecule has 1 aliphatic heterocycles. The minimum atomic E-state index is -4.52. The van der Waals surface area contributed by atoms with Crippen molar-refractivity contribution in [3.05, 3.63) is 87.7 Å². The van der Waals surface area contributed by atoms with Crippen LogP contribution in [0.25, 0.3) is 11.0 Å². The normalized spacial score (nSPS) is 26.6. The average molecular weight is 836 g/mol. The maximum Gasteiger partial charge on any atom is 0.293 e. The molecule has 14 heteroatoms. The minimum Gasteiger partial charge on any atom is -0.455 e. The zero-order valence-corrected chi connectivity index (χ0v) is 36.0. The Balaban J connectivity index is 0.928. The number of H-pyrrole nitrogens is 1. The second-order valence-corrected chi connectivity index (χ2v) is 21.3. The number of pyridine rings is 1. The molecule has 0 radical (unpaired) electrons. The first-order valence-corrected chi connectivity index (χ1v) is 23.1. The Bertz CT molecular complexity index is 2460. The van der Waals surface area contributed by atoms with Crippen LogP contribution in [0.2, 0.25) is 0 Å². The third-order valence-electron chi connectivity index (χ3n) is 14.2. The Morgan fingerprint density at radius 3 is 2.47 bits per heavy atom. The van der Waals surface area contributed by atoms with Crippen molar-refractivity contribution in [1.29, 1.82) is 0 Å². The number of rotatable bonds is 12. The van der Waals surface area contributed by atoms with Gasteiger partial charge in [0.15, 0.2) is 0 Å². The van der Waals surface area contributed by atoms with Crippen molar-refractivity contribution >= 4 is 44.0 Å². The van der Waals surface area contributed by atoms with Crippen molar-refractivity contribution in [2.75, 3.05) is 42.9 Å². The molecular formula is C46H57N7O6S. The van der Waals surface area contributed by atoms with Gasteiger partial charge in [0.1, 0.15) is 22.8 Å². The van der Waals surface area contributed by atoms with Crippen molar-refractivity contribution < 1.29 is 22.9 Å². The van der Waals surface area contributed by atoms with Crippen molar-refractivity contribution in [3.63, 3.8) is 0 Å². The van der Waals surface area contributed by atoms with Crippen molar-refractivity contribution in [2.24, 2.45) is 22.2 Å². The molecule has 0 spiro atoms. The molecule has 3 heterocycles. The lowest BCUT2D eigenvalue weighted by molar-refractivity contribution is -0.384. The Morgan fingerprint density at radius 2 is 1.75 bits per heavy atom. The number of hydrogen-bond acceptors (Lipinski definition) is 10. The minimum absolute atomic E-state index is 0.00316. The van der Waals surface area contributed by atoms with Crippen LogP contribution in [0.1, 0.15) is 102 Å². The van der Waals surface area contributed by atoms with E-state index in [9.17, 15) is 23.3 Å². The van der Waals surface area contributed by atoms with Crippen molar-refractivity contribution in [3.8, 4) is 11.5 Å². The highest BCUT2D eigenvalue weighted by Gasteiger charge is 2.66. The Kier molecular flexibility index (Phi) is 10.2. The Labute approximate surface area is 352 Å². The largest absolute Gasteiger partial charge is 0.455 e. The lowest BCUT2D eigenvalue weighted by Gasteiger charge is -2.72. The predicted molar refractivity (Wildman–Crippen MR) is 233 cm³/mol. The lowest BCUT2D eigenvalue weighted by atomic mass is 9.33. The summed E-state index contributed by atoms with van der Waals surface area (Å²) in [6.07, 6.45) is 14.8. The van der Waals surface area contributed by atoms with E-state index in [4.69, 9.17) is 4.74 Å². The van der Waals surface area contributed by atoms with Crippen LogP contribution in [-0.2, 0) is 10.0 Å². The fraction of sp³-hybridized carbons (Fsp3) is 0.522. The van der Waals surface area contributed by atoms with Crippen LogP contribution in [-0.4, -0.2) is 72.9 Å². The van der Waals surface area contributed by atoms with Gasteiger partial charge in [0.25, 0.3) is 21.6 Å². The smallest absolute Gasteiger partial charge is 0.293 e. The summed E-state index contributed by atoms with van der Waals surface area (Å²) in [5.41, 5.74) is 6.26. The van der Waals surface area contributed by atoms with E-state index >= 15 is 0 Å². The molecule has 0 atom stereocenters. The summed E-state index contributed by atoms with van der Waals surface area (Å²) in [6.45, 7) is 13.9. The molecule has 2 bridgehead atoms. The molecule has 6 aliphatic rings. The van der Waals surface area contributed by atoms with Crippen molar-refractivity contribution in [2.45, 2.75) is 103 Å². The number of nitrogens with one attached hydrogen (secondary N) is 3. The first-order chi connectivity index (χ1) is 28.6. The third-order valence-corrected chi connectivity index (χ3v) is 15.5. The molecule has 3 N–H and O–H groups in total. The number of amides is 1. The number of sulfonamides is 1. The number of benzene rings is 2. The number of hydrogen-bond donors (Lipinski definition) is 3. The molecule has 5 fully saturated rings. The van der Waals surface area contributed by atoms with Crippen LogP contribution in [0.4, 0.5) is 17.1 Å². The second-order valence-electron chi connectivity index (χ2n) is 19.6. The summed E-state index contributed by atoms with van der Waals surface area (Å²) >= 11 is 0. The molecule has 1 amide bonds. The number of nitro benzene ring substituents is 1. The van der Waals surface area contributed by atoms with E-state index in [0.29, 0.717) is 33.6 Å².